The highest BCUT2D eigenvalue weighted by molar-refractivity contribution is 7.89. The van der Waals surface area contributed by atoms with Crippen molar-refractivity contribution in [1.82, 2.24) is 14.8 Å². The maximum Gasteiger partial charge on any atom is 0.273 e. The van der Waals surface area contributed by atoms with Crippen molar-refractivity contribution in [3.63, 3.8) is 0 Å². The smallest absolute Gasteiger partial charge is 0.273 e. The van der Waals surface area contributed by atoms with Gasteiger partial charge in [0.25, 0.3) is 15.2 Å². The summed E-state index contributed by atoms with van der Waals surface area (Å²) >= 11 is 0. The third kappa shape index (κ3) is 3.89. The van der Waals surface area contributed by atoms with E-state index in [0.717, 1.165) is 5.56 Å². The second kappa shape index (κ2) is 5.95. The zero-order valence-corrected chi connectivity index (χ0v) is 13.3. The van der Waals surface area contributed by atoms with Crippen LogP contribution in [0.1, 0.15) is 30.8 Å². The van der Waals surface area contributed by atoms with Crippen LogP contribution in [0.4, 0.5) is 0 Å². The third-order valence-electron chi connectivity index (χ3n) is 3.08. The average Bonchev–Trinajstić information content (AvgIpc) is 2.74. The van der Waals surface area contributed by atoms with Gasteiger partial charge in [-0.15, -0.1) is 10.2 Å². The summed E-state index contributed by atoms with van der Waals surface area (Å²) in [6.07, 6.45) is 0.523. The molecule has 2 N–H and O–H groups in total. The predicted molar refractivity (Wildman–Crippen MR) is 80.2 cm³/mol. The quantitative estimate of drug-likeness (QED) is 0.905. The van der Waals surface area contributed by atoms with E-state index in [1.807, 2.05) is 45.0 Å². The minimum absolute atomic E-state index is 0.168. The molecule has 2 aromatic rings. The van der Waals surface area contributed by atoms with E-state index in [-0.39, 0.29) is 11.1 Å². The van der Waals surface area contributed by atoms with Crippen LogP contribution in [-0.2, 0) is 23.0 Å². The van der Waals surface area contributed by atoms with E-state index in [0.29, 0.717) is 18.8 Å². The van der Waals surface area contributed by atoms with Crippen molar-refractivity contribution in [3.05, 3.63) is 41.2 Å². The lowest BCUT2D eigenvalue weighted by molar-refractivity contribution is 0.472. The average molecular weight is 308 g/mol. The Balaban J connectivity index is 2.39. The predicted octanol–water partition coefficient (Wildman–Crippen LogP) is 1.48. The normalized spacial score (nSPS) is 12.0. The molecule has 0 saturated heterocycles. The van der Waals surface area contributed by atoms with Gasteiger partial charge in [0.05, 0.1) is 0 Å². The van der Waals surface area contributed by atoms with Gasteiger partial charge in [0.2, 0.25) is 0 Å². The third-order valence-corrected chi connectivity index (χ3v) is 3.89. The first kappa shape index (κ1) is 15.7. The van der Waals surface area contributed by atoms with Crippen molar-refractivity contribution in [1.29, 1.82) is 0 Å². The Hall–Kier alpha value is -1.73. The second-order valence-electron chi connectivity index (χ2n) is 5.61. The second-order valence-corrected chi connectivity index (χ2v) is 7.07. The Labute approximate surface area is 125 Å². The monoisotopic (exact) mass is 308 g/mol. The molecule has 1 heterocycles. The number of sulfonamides is 1. The number of rotatable bonds is 5. The zero-order valence-electron chi connectivity index (χ0n) is 12.4. The Kier molecular flexibility index (Phi) is 4.43. The van der Waals surface area contributed by atoms with Gasteiger partial charge >= 0.3 is 0 Å². The van der Waals surface area contributed by atoms with Crippen molar-refractivity contribution >= 4 is 10.0 Å². The summed E-state index contributed by atoms with van der Waals surface area (Å²) < 4.78 is 24.8. The molecule has 1 aromatic carbocycles. The molecule has 0 unspecified atom stereocenters. The molecule has 7 heteroatoms. The molecule has 0 aliphatic heterocycles. The summed E-state index contributed by atoms with van der Waals surface area (Å²) in [5.41, 5.74) is 2.23. The van der Waals surface area contributed by atoms with Crippen molar-refractivity contribution in [2.24, 2.45) is 11.1 Å². The SMILES string of the molecule is Cc1ccc(Cc2nnc(S(N)(=O)=O)n2CC(C)C)cc1. The number of hydrogen-bond donors (Lipinski definition) is 1. The van der Waals surface area contributed by atoms with Crippen LogP contribution < -0.4 is 5.14 Å². The summed E-state index contributed by atoms with van der Waals surface area (Å²) in [5, 5.41) is 12.8. The molecule has 1 aromatic heterocycles. The summed E-state index contributed by atoms with van der Waals surface area (Å²) in [5.74, 6) is 0.870. The number of benzene rings is 1. The van der Waals surface area contributed by atoms with Gasteiger partial charge in [-0.2, -0.15) is 0 Å². The van der Waals surface area contributed by atoms with Crippen molar-refractivity contribution < 1.29 is 8.42 Å². The van der Waals surface area contributed by atoms with E-state index in [4.69, 9.17) is 5.14 Å². The van der Waals surface area contributed by atoms with Crippen LogP contribution in [0.3, 0.4) is 0 Å². The van der Waals surface area contributed by atoms with Crippen LogP contribution in [0.2, 0.25) is 0 Å². The van der Waals surface area contributed by atoms with Crippen LogP contribution in [0.15, 0.2) is 29.4 Å². The van der Waals surface area contributed by atoms with Gasteiger partial charge in [0.1, 0.15) is 5.82 Å². The highest BCUT2D eigenvalue weighted by Gasteiger charge is 2.21. The lowest BCUT2D eigenvalue weighted by Gasteiger charge is -2.11. The summed E-state index contributed by atoms with van der Waals surface area (Å²) in [6.45, 7) is 6.54. The first-order valence-electron chi connectivity index (χ1n) is 6.78. The number of primary sulfonamides is 1. The van der Waals surface area contributed by atoms with Crippen molar-refractivity contribution in [2.45, 2.75) is 38.9 Å². The van der Waals surface area contributed by atoms with E-state index >= 15 is 0 Å². The fourth-order valence-electron chi connectivity index (χ4n) is 2.10. The zero-order chi connectivity index (χ0) is 15.6. The molecule has 0 spiro atoms. The molecule has 0 aliphatic rings. The van der Waals surface area contributed by atoms with Crippen LogP contribution in [0.5, 0.6) is 0 Å². The maximum atomic E-state index is 11.6. The Morgan fingerprint density at radius 2 is 1.81 bits per heavy atom. The maximum absolute atomic E-state index is 11.6. The van der Waals surface area contributed by atoms with Gasteiger partial charge < -0.3 is 4.57 Å². The van der Waals surface area contributed by atoms with Crippen molar-refractivity contribution in [3.8, 4) is 0 Å². The van der Waals surface area contributed by atoms with Crippen LogP contribution in [-0.4, -0.2) is 23.2 Å². The topological polar surface area (TPSA) is 90.9 Å². The Bertz CT molecular complexity index is 718. The molecule has 0 atom stereocenters. The molecule has 114 valence electrons. The molecular formula is C14H20N4O2S. The van der Waals surface area contributed by atoms with E-state index in [1.54, 1.807) is 4.57 Å². The van der Waals surface area contributed by atoms with Crippen LogP contribution in [0, 0.1) is 12.8 Å². The van der Waals surface area contributed by atoms with Crippen LogP contribution >= 0.6 is 0 Å². The summed E-state index contributed by atoms with van der Waals surface area (Å²) in [4.78, 5) is 0. The highest BCUT2D eigenvalue weighted by Crippen LogP contribution is 2.15. The van der Waals surface area contributed by atoms with Gasteiger partial charge in [0.15, 0.2) is 0 Å². The summed E-state index contributed by atoms with van der Waals surface area (Å²) in [7, 11) is -3.87. The van der Waals surface area contributed by atoms with Gasteiger partial charge in [-0.3, -0.25) is 0 Å². The molecular weight excluding hydrogens is 288 g/mol. The van der Waals surface area contributed by atoms with E-state index in [9.17, 15) is 8.42 Å². The fourth-order valence-corrected chi connectivity index (χ4v) is 2.74. The molecule has 0 saturated carbocycles. The minimum Gasteiger partial charge on any atom is -0.300 e. The standard InChI is InChI=1S/C14H20N4O2S/c1-10(2)9-18-13(16-17-14(18)21(15,19)20)8-12-6-4-11(3)5-7-12/h4-7,10H,8-9H2,1-3H3,(H2,15,19,20). The number of nitrogens with two attached hydrogens (primary N) is 1. The Morgan fingerprint density at radius 1 is 1.19 bits per heavy atom. The van der Waals surface area contributed by atoms with Gasteiger partial charge in [0, 0.05) is 13.0 Å². The number of aromatic nitrogens is 3. The molecule has 0 fully saturated rings. The Morgan fingerprint density at radius 3 is 2.33 bits per heavy atom. The molecule has 21 heavy (non-hydrogen) atoms. The van der Waals surface area contributed by atoms with Crippen LogP contribution in [0.25, 0.3) is 0 Å². The lowest BCUT2D eigenvalue weighted by Crippen LogP contribution is -2.21. The van der Waals surface area contributed by atoms with Crippen molar-refractivity contribution in [2.75, 3.05) is 0 Å². The molecule has 0 amide bonds. The molecule has 0 aliphatic carbocycles. The largest absolute Gasteiger partial charge is 0.300 e. The minimum atomic E-state index is -3.87. The number of hydrogen-bond acceptors (Lipinski definition) is 4. The fraction of sp³-hybridized carbons (Fsp3) is 0.429. The van der Waals surface area contributed by atoms with Gasteiger partial charge in [-0.1, -0.05) is 43.7 Å². The van der Waals surface area contributed by atoms with Gasteiger partial charge in [-0.25, -0.2) is 13.6 Å². The van der Waals surface area contributed by atoms with Gasteiger partial charge in [-0.05, 0) is 18.4 Å². The molecule has 0 bridgehead atoms. The first-order valence-corrected chi connectivity index (χ1v) is 8.32. The molecule has 6 nitrogen and oxygen atoms in total. The lowest BCUT2D eigenvalue weighted by atomic mass is 10.1. The summed E-state index contributed by atoms with van der Waals surface area (Å²) in [6, 6.07) is 8.03. The van der Waals surface area contributed by atoms with E-state index < -0.39 is 10.0 Å². The van der Waals surface area contributed by atoms with E-state index in [1.165, 1.54) is 5.56 Å². The number of aryl methyl sites for hydroxylation is 1. The van der Waals surface area contributed by atoms with E-state index in [2.05, 4.69) is 10.2 Å². The first-order chi connectivity index (χ1) is 9.77. The molecule has 0 radical (unpaired) electrons. The number of nitrogens with zero attached hydrogens (tertiary/aromatic N) is 3. The highest BCUT2D eigenvalue weighted by atomic mass is 32.2. The molecule has 2 rings (SSSR count).